The molecular formula is C16H24N2O2. The minimum atomic E-state index is -0.320. The van der Waals surface area contributed by atoms with Crippen molar-refractivity contribution in [1.82, 2.24) is 5.32 Å². The second-order valence-electron chi connectivity index (χ2n) is 5.82. The van der Waals surface area contributed by atoms with Crippen LogP contribution in [0.25, 0.3) is 0 Å². The van der Waals surface area contributed by atoms with Gasteiger partial charge < -0.3 is 15.8 Å². The van der Waals surface area contributed by atoms with Gasteiger partial charge in [-0.15, -0.1) is 0 Å². The van der Waals surface area contributed by atoms with Gasteiger partial charge in [0.25, 0.3) is 5.91 Å². The van der Waals surface area contributed by atoms with E-state index in [0.29, 0.717) is 19.8 Å². The van der Waals surface area contributed by atoms with E-state index in [1.807, 2.05) is 32.9 Å². The van der Waals surface area contributed by atoms with E-state index in [1.54, 1.807) is 0 Å². The second kappa shape index (κ2) is 5.94. The van der Waals surface area contributed by atoms with Crippen LogP contribution in [0.5, 0.6) is 0 Å². The van der Waals surface area contributed by atoms with Gasteiger partial charge in [-0.3, -0.25) is 4.79 Å². The van der Waals surface area contributed by atoms with Crippen LogP contribution in [0.2, 0.25) is 0 Å². The maximum atomic E-state index is 12.6. The highest BCUT2D eigenvalue weighted by Gasteiger charge is 2.33. The van der Waals surface area contributed by atoms with Crippen LogP contribution < -0.4 is 11.1 Å². The van der Waals surface area contributed by atoms with E-state index in [9.17, 15) is 4.79 Å². The SMILES string of the molecule is Cc1cc(C)c(C(=O)NC2(CN)CCOCC2)c(C)c1. The zero-order chi connectivity index (χ0) is 14.8. The molecule has 0 unspecified atom stereocenters. The third-order valence-electron chi connectivity index (χ3n) is 4.12. The molecule has 1 heterocycles. The largest absolute Gasteiger partial charge is 0.381 e. The first-order chi connectivity index (χ1) is 9.47. The third-order valence-corrected chi connectivity index (χ3v) is 4.12. The highest BCUT2D eigenvalue weighted by Crippen LogP contribution is 2.22. The average Bonchev–Trinajstić information content (AvgIpc) is 2.38. The first-order valence-electron chi connectivity index (χ1n) is 7.16. The lowest BCUT2D eigenvalue weighted by Gasteiger charge is -2.37. The highest BCUT2D eigenvalue weighted by molar-refractivity contribution is 5.97. The molecule has 3 N–H and O–H groups in total. The maximum absolute atomic E-state index is 12.6. The summed E-state index contributed by atoms with van der Waals surface area (Å²) in [6, 6.07) is 4.09. The molecule has 0 aromatic heterocycles. The Morgan fingerprint density at radius 1 is 1.25 bits per heavy atom. The van der Waals surface area contributed by atoms with Gasteiger partial charge in [0, 0.05) is 25.3 Å². The number of nitrogens with two attached hydrogens (primary N) is 1. The standard InChI is InChI=1S/C16H24N2O2/c1-11-8-12(2)14(13(3)9-11)15(19)18-16(10-17)4-6-20-7-5-16/h8-9H,4-7,10,17H2,1-3H3,(H,18,19). The molecule has 0 atom stereocenters. The molecular weight excluding hydrogens is 252 g/mol. The predicted octanol–water partition coefficient (Wildman–Crippen LogP) is 1.85. The topological polar surface area (TPSA) is 64.4 Å². The number of aryl methyl sites for hydroxylation is 3. The Kier molecular flexibility index (Phi) is 4.45. The smallest absolute Gasteiger partial charge is 0.252 e. The fourth-order valence-corrected chi connectivity index (χ4v) is 2.98. The number of hydrogen-bond donors (Lipinski definition) is 2. The molecule has 1 saturated heterocycles. The van der Waals surface area contributed by atoms with Crippen LogP contribution in [0.4, 0.5) is 0 Å². The van der Waals surface area contributed by atoms with E-state index >= 15 is 0 Å². The first kappa shape index (κ1) is 15.0. The first-order valence-corrected chi connectivity index (χ1v) is 7.16. The summed E-state index contributed by atoms with van der Waals surface area (Å²) < 4.78 is 5.37. The Morgan fingerprint density at radius 2 is 1.80 bits per heavy atom. The van der Waals surface area contributed by atoms with E-state index in [4.69, 9.17) is 10.5 Å². The van der Waals surface area contributed by atoms with Gasteiger partial charge in [-0.05, 0) is 44.7 Å². The number of rotatable bonds is 3. The quantitative estimate of drug-likeness (QED) is 0.885. The van der Waals surface area contributed by atoms with Gasteiger partial charge in [-0.1, -0.05) is 17.7 Å². The number of hydrogen-bond acceptors (Lipinski definition) is 3. The Morgan fingerprint density at radius 3 is 2.30 bits per heavy atom. The lowest BCUT2D eigenvalue weighted by molar-refractivity contribution is 0.0388. The number of benzene rings is 1. The van der Waals surface area contributed by atoms with Crippen molar-refractivity contribution >= 4 is 5.91 Å². The van der Waals surface area contributed by atoms with E-state index in [2.05, 4.69) is 5.32 Å². The molecule has 2 rings (SSSR count). The van der Waals surface area contributed by atoms with Crippen LogP contribution in [-0.2, 0) is 4.74 Å². The summed E-state index contributed by atoms with van der Waals surface area (Å²) in [5, 5.41) is 3.16. The van der Waals surface area contributed by atoms with Crippen LogP contribution in [-0.4, -0.2) is 31.2 Å². The fourth-order valence-electron chi connectivity index (χ4n) is 2.98. The highest BCUT2D eigenvalue weighted by atomic mass is 16.5. The number of ether oxygens (including phenoxy) is 1. The number of carbonyl (C=O) groups is 1. The summed E-state index contributed by atoms with van der Waals surface area (Å²) >= 11 is 0. The number of carbonyl (C=O) groups excluding carboxylic acids is 1. The minimum Gasteiger partial charge on any atom is -0.381 e. The molecule has 110 valence electrons. The van der Waals surface area contributed by atoms with E-state index in [-0.39, 0.29) is 11.4 Å². The number of amides is 1. The van der Waals surface area contributed by atoms with Crippen LogP contribution in [0, 0.1) is 20.8 Å². The summed E-state index contributed by atoms with van der Waals surface area (Å²) in [7, 11) is 0. The predicted molar refractivity (Wildman–Crippen MR) is 80.0 cm³/mol. The monoisotopic (exact) mass is 276 g/mol. The summed E-state index contributed by atoms with van der Waals surface area (Å²) in [4.78, 5) is 12.6. The van der Waals surface area contributed by atoms with Gasteiger partial charge in [-0.25, -0.2) is 0 Å². The molecule has 1 aliphatic heterocycles. The zero-order valence-electron chi connectivity index (χ0n) is 12.6. The Hall–Kier alpha value is -1.39. The van der Waals surface area contributed by atoms with Crippen LogP contribution in [0.15, 0.2) is 12.1 Å². The Bertz CT molecular complexity index is 482. The van der Waals surface area contributed by atoms with E-state index < -0.39 is 0 Å². The summed E-state index contributed by atoms with van der Waals surface area (Å²) in [5.41, 5.74) is 9.55. The molecule has 0 bridgehead atoms. The molecule has 0 radical (unpaired) electrons. The molecule has 4 nitrogen and oxygen atoms in total. The molecule has 4 heteroatoms. The molecule has 0 aliphatic carbocycles. The molecule has 1 aromatic rings. The van der Waals surface area contributed by atoms with Gasteiger partial charge in [-0.2, -0.15) is 0 Å². The lowest BCUT2D eigenvalue weighted by atomic mass is 9.89. The maximum Gasteiger partial charge on any atom is 0.252 e. The van der Waals surface area contributed by atoms with E-state index in [0.717, 1.165) is 29.5 Å². The van der Waals surface area contributed by atoms with Gasteiger partial charge in [0.05, 0.1) is 5.54 Å². The Balaban J connectivity index is 2.23. The molecule has 1 amide bonds. The van der Waals surface area contributed by atoms with Gasteiger partial charge in [0.1, 0.15) is 0 Å². The van der Waals surface area contributed by atoms with Crippen LogP contribution in [0.1, 0.15) is 39.9 Å². The summed E-state index contributed by atoms with van der Waals surface area (Å²) in [5.74, 6) is -0.0210. The lowest BCUT2D eigenvalue weighted by Crippen LogP contribution is -2.56. The zero-order valence-corrected chi connectivity index (χ0v) is 12.6. The number of nitrogens with one attached hydrogen (secondary N) is 1. The molecule has 0 spiro atoms. The molecule has 1 aromatic carbocycles. The molecule has 1 fully saturated rings. The summed E-state index contributed by atoms with van der Waals surface area (Å²) in [6.07, 6.45) is 1.55. The normalized spacial score (nSPS) is 17.8. The molecule has 0 saturated carbocycles. The van der Waals surface area contributed by atoms with Crippen molar-refractivity contribution in [3.05, 3.63) is 34.4 Å². The second-order valence-corrected chi connectivity index (χ2v) is 5.82. The molecule has 1 aliphatic rings. The summed E-state index contributed by atoms with van der Waals surface area (Å²) in [6.45, 7) is 7.77. The van der Waals surface area contributed by atoms with Gasteiger partial charge in [0.15, 0.2) is 0 Å². The van der Waals surface area contributed by atoms with Crippen molar-refractivity contribution in [3.63, 3.8) is 0 Å². The fraction of sp³-hybridized carbons (Fsp3) is 0.562. The van der Waals surface area contributed by atoms with Crippen molar-refractivity contribution < 1.29 is 9.53 Å². The van der Waals surface area contributed by atoms with Crippen molar-refractivity contribution in [2.24, 2.45) is 5.73 Å². The van der Waals surface area contributed by atoms with Crippen molar-refractivity contribution in [1.29, 1.82) is 0 Å². The van der Waals surface area contributed by atoms with Crippen LogP contribution >= 0.6 is 0 Å². The van der Waals surface area contributed by atoms with Gasteiger partial charge in [0.2, 0.25) is 0 Å². The van der Waals surface area contributed by atoms with Crippen molar-refractivity contribution in [2.45, 2.75) is 39.2 Å². The van der Waals surface area contributed by atoms with Crippen LogP contribution in [0.3, 0.4) is 0 Å². The van der Waals surface area contributed by atoms with Gasteiger partial charge >= 0.3 is 0 Å². The van der Waals surface area contributed by atoms with Crippen molar-refractivity contribution in [2.75, 3.05) is 19.8 Å². The average molecular weight is 276 g/mol. The minimum absolute atomic E-state index is 0.0210. The van der Waals surface area contributed by atoms with E-state index in [1.165, 1.54) is 5.56 Å². The third kappa shape index (κ3) is 3.02. The molecule has 20 heavy (non-hydrogen) atoms. The van der Waals surface area contributed by atoms with Crippen molar-refractivity contribution in [3.8, 4) is 0 Å². The Labute approximate surface area is 120 Å².